The van der Waals surface area contributed by atoms with Crippen molar-refractivity contribution < 1.29 is 0 Å². The smallest absolute Gasteiger partial charge is 0.121 e. The second-order valence-corrected chi connectivity index (χ2v) is 11.7. The van der Waals surface area contributed by atoms with Crippen LogP contribution in [0.1, 0.15) is 0 Å². The molecule has 0 aliphatic carbocycles. The van der Waals surface area contributed by atoms with Crippen molar-refractivity contribution in [2.45, 2.75) is 0 Å². The Balaban J connectivity index is 1.14. The van der Waals surface area contributed by atoms with Crippen LogP contribution in [-0.4, -0.2) is 15.0 Å². The Morgan fingerprint density at radius 2 is 0.604 bits per heavy atom. The van der Waals surface area contributed by atoms with Crippen molar-refractivity contribution in [3.8, 4) is 22.3 Å². The van der Waals surface area contributed by atoms with Crippen LogP contribution in [0, 0.1) is 0 Å². The van der Waals surface area contributed by atoms with Gasteiger partial charge in [0, 0.05) is 52.3 Å². The second kappa shape index (κ2) is 12.7. The lowest BCUT2D eigenvalue weighted by atomic mass is 9.97. The number of nitrogens with zero attached hydrogens (tertiary/aromatic N) is 5. The molecule has 5 heteroatoms. The minimum Gasteiger partial charge on any atom is -0.311 e. The van der Waals surface area contributed by atoms with Crippen LogP contribution < -0.4 is 9.80 Å². The molecular weight excluding hydrogens is 587 g/mol. The van der Waals surface area contributed by atoms with Gasteiger partial charge in [0.1, 0.15) is 11.0 Å². The van der Waals surface area contributed by atoms with Crippen LogP contribution in [0.25, 0.3) is 33.3 Å². The highest BCUT2D eigenvalue weighted by Crippen LogP contribution is 2.39. The number of rotatable bonds is 8. The number of benzene rings is 7. The third kappa shape index (κ3) is 5.59. The van der Waals surface area contributed by atoms with Gasteiger partial charge in [0.05, 0.1) is 0 Å². The summed E-state index contributed by atoms with van der Waals surface area (Å²) < 4.78 is 0. The highest BCUT2D eigenvalue weighted by molar-refractivity contribution is 6.00. The number of hydrogen-bond donors (Lipinski definition) is 0. The van der Waals surface area contributed by atoms with Crippen LogP contribution in [-0.2, 0) is 7.05 Å². The van der Waals surface area contributed by atoms with Gasteiger partial charge in [0.25, 0.3) is 0 Å². The van der Waals surface area contributed by atoms with Gasteiger partial charge in [-0.3, -0.25) is 0 Å². The Labute approximate surface area is 280 Å². The van der Waals surface area contributed by atoms with E-state index in [9.17, 15) is 0 Å². The van der Waals surface area contributed by atoms with E-state index in [-0.39, 0.29) is 0 Å². The van der Waals surface area contributed by atoms with E-state index in [4.69, 9.17) is 10.2 Å². The Morgan fingerprint density at radius 3 is 0.896 bits per heavy atom. The second-order valence-electron chi connectivity index (χ2n) is 11.7. The van der Waals surface area contributed by atoms with E-state index in [1.807, 2.05) is 31.3 Å². The van der Waals surface area contributed by atoms with E-state index >= 15 is 0 Å². The summed E-state index contributed by atoms with van der Waals surface area (Å²) in [7, 11) is 1.88. The molecule has 0 radical (unpaired) electrons. The van der Waals surface area contributed by atoms with Crippen molar-refractivity contribution >= 4 is 45.2 Å². The molecule has 0 atom stereocenters. The fourth-order valence-electron chi connectivity index (χ4n) is 6.34. The molecule has 0 aliphatic heterocycles. The Bertz CT molecular complexity index is 2020. The van der Waals surface area contributed by atoms with Crippen LogP contribution in [0.15, 0.2) is 182 Å². The SMILES string of the molecule is Cn1nc2c(-c3ccc(N(c4ccccc4)c4ccccc4)cc3)ccc(-c3ccc(N(c4ccccc4)c4ccccc4)cc3)c2n1. The van der Waals surface area contributed by atoms with Crippen LogP contribution in [0.2, 0.25) is 0 Å². The lowest BCUT2D eigenvalue weighted by Crippen LogP contribution is -2.09. The molecule has 48 heavy (non-hydrogen) atoms. The number of aryl methyl sites for hydroxylation is 1. The number of para-hydroxylation sites is 4. The summed E-state index contributed by atoms with van der Waals surface area (Å²) in [5.41, 5.74) is 12.7. The topological polar surface area (TPSA) is 37.2 Å². The van der Waals surface area contributed by atoms with Crippen LogP contribution in [0.4, 0.5) is 34.1 Å². The Kier molecular flexibility index (Phi) is 7.69. The number of aromatic nitrogens is 3. The predicted molar refractivity (Wildman–Crippen MR) is 199 cm³/mol. The highest BCUT2D eigenvalue weighted by Gasteiger charge is 2.17. The number of hydrogen-bond acceptors (Lipinski definition) is 4. The fourth-order valence-corrected chi connectivity index (χ4v) is 6.34. The van der Waals surface area contributed by atoms with E-state index in [1.54, 1.807) is 4.80 Å². The van der Waals surface area contributed by atoms with Gasteiger partial charge in [-0.25, -0.2) is 0 Å². The molecule has 0 saturated carbocycles. The molecule has 0 bridgehead atoms. The molecule has 1 aromatic heterocycles. The van der Waals surface area contributed by atoms with E-state index in [0.29, 0.717) is 0 Å². The van der Waals surface area contributed by atoms with Gasteiger partial charge in [-0.05, 0) is 83.9 Å². The molecule has 0 fully saturated rings. The summed E-state index contributed by atoms with van der Waals surface area (Å²) >= 11 is 0. The minimum atomic E-state index is 0.880. The van der Waals surface area contributed by atoms with Crippen molar-refractivity contribution in [1.29, 1.82) is 0 Å². The normalized spacial score (nSPS) is 11.0. The van der Waals surface area contributed by atoms with Gasteiger partial charge in [-0.1, -0.05) is 109 Å². The van der Waals surface area contributed by atoms with E-state index < -0.39 is 0 Å². The van der Waals surface area contributed by atoms with Crippen molar-refractivity contribution in [3.05, 3.63) is 182 Å². The van der Waals surface area contributed by atoms with Crippen LogP contribution >= 0.6 is 0 Å². The summed E-state index contributed by atoms with van der Waals surface area (Å²) in [6.07, 6.45) is 0. The quantitative estimate of drug-likeness (QED) is 0.170. The maximum Gasteiger partial charge on any atom is 0.121 e. The van der Waals surface area contributed by atoms with Gasteiger partial charge in [-0.2, -0.15) is 15.0 Å². The lowest BCUT2D eigenvalue weighted by Gasteiger charge is -2.25. The third-order valence-corrected chi connectivity index (χ3v) is 8.57. The van der Waals surface area contributed by atoms with E-state index in [2.05, 4.69) is 168 Å². The van der Waals surface area contributed by atoms with Crippen molar-refractivity contribution in [2.24, 2.45) is 7.05 Å². The zero-order chi connectivity index (χ0) is 32.3. The molecule has 0 spiro atoms. The van der Waals surface area contributed by atoms with Crippen molar-refractivity contribution in [2.75, 3.05) is 9.80 Å². The van der Waals surface area contributed by atoms with Gasteiger partial charge < -0.3 is 9.80 Å². The third-order valence-electron chi connectivity index (χ3n) is 8.57. The van der Waals surface area contributed by atoms with Gasteiger partial charge >= 0.3 is 0 Å². The highest BCUT2D eigenvalue weighted by atomic mass is 15.4. The first-order valence-corrected chi connectivity index (χ1v) is 16.1. The maximum absolute atomic E-state index is 4.84. The summed E-state index contributed by atoms with van der Waals surface area (Å²) in [6, 6.07) is 63.6. The Morgan fingerprint density at radius 1 is 0.333 bits per heavy atom. The molecule has 5 nitrogen and oxygen atoms in total. The average molecular weight is 620 g/mol. The number of anilines is 6. The zero-order valence-electron chi connectivity index (χ0n) is 26.6. The molecular formula is C43H33N5. The maximum atomic E-state index is 4.84. The minimum absolute atomic E-state index is 0.880. The molecule has 0 amide bonds. The molecule has 0 saturated heterocycles. The molecule has 7 aromatic carbocycles. The summed E-state index contributed by atoms with van der Waals surface area (Å²) in [5.74, 6) is 0. The lowest BCUT2D eigenvalue weighted by molar-refractivity contribution is 0.665. The molecule has 8 rings (SSSR count). The standard InChI is InChI=1S/C43H33N5/c1-46-44-42-40(32-22-26-38(27-23-32)47(34-14-6-2-7-15-34)35-16-8-3-9-17-35)30-31-41(43(42)45-46)33-24-28-39(29-25-33)48(36-18-10-4-11-19-36)37-20-12-5-13-21-37/h2-31H,1H3. The molecule has 0 unspecified atom stereocenters. The molecule has 1 heterocycles. The van der Waals surface area contributed by atoms with E-state index in [0.717, 1.165) is 67.4 Å². The van der Waals surface area contributed by atoms with Crippen LogP contribution in [0.5, 0.6) is 0 Å². The first-order valence-electron chi connectivity index (χ1n) is 16.1. The van der Waals surface area contributed by atoms with Gasteiger partial charge in [0.15, 0.2) is 0 Å². The number of fused-ring (bicyclic) bond motifs is 1. The van der Waals surface area contributed by atoms with E-state index in [1.165, 1.54) is 0 Å². The summed E-state index contributed by atoms with van der Waals surface area (Å²) in [6.45, 7) is 0. The van der Waals surface area contributed by atoms with Crippen LogP contribution in [0.3, 0.4) is 0 Å². The Hall–Kier alpha value is -6.46. The molecule has 8 aromatic rings. The fraction of sp³-hybridized carbons (Fsp3) is 0.0233. The summed E-state index contributed by atoms with van der Waals surface area (Å²) in [4.78, 5) is 6.20. The van der Waals surface area contributed by atoms with Crippen molar-refractivity contribution in [3.63, 3.8) is 0 Å². The zero-order valence-corrected chi connectivity index (χ0v) is 26.6. The molecule has 0 N–H and O–H groups in total. The van der Waals surface area contributed by atoms with Crippen molar-refractivity contribution in [1.82, 2.24) is 15.0 Å². The predicted octanol–water partition coefficient (Wildman–Crippen LogP) is 11.2. The monoisotopic (exact) mass is 619 g/mol. The first kappa shape index (κ1) is 29.0. The largest absolute Gasteiger partial charge is 0.311 e. The average Bonchev–Trinajstić information content (AvgIpc) is 3.55. The molecule has 0 aliphatic rings. The molecule has 230 valence electrons. The first-order chi connectivity index (χ1) is 23.7. The van der Waals surface area contributed by atoms with Gasteiger partial charge in [0.2, 0.25) is 0 Å². The van der Waals surface area contributed by atoms with Gasteiger partial charge in [-0.15, -0.1) is 0 Å². The summed E-state index contributed by atoms with van der Waals surface area (Å²) in [5, 5.41) is 9.68.